The van der Waals surface area contributed by atoms with Gasteiger partial charge in [0.05, 0.1) is 6.21 Å². The summed E-state index contributed by atoms with van der Waals surface area (Å²) in [5.41, 5.74) is 3.31. The molecule has 2 rings (SSSR count). The Hall–Kier alpha value is -1.84. The molecule has 4 nitrogen and oxygen atoms in total. The van der Waals surface area contributed by atoms with Crippen molar-refractivity contribution in [2.75, 3.05) is 0 Å². The average Bonchev–Trinajstić information content (AvgIpc) is 3.04. The fourth-order valence-corrected chi connectivity index (χ4v) is 1.17. The molecule has 0 aliphatic heterocycles. The van der Waals surface area contributed by atoms with Gasteiger partial charge in [-0.05, 0) is 42.7 Å². The first-order chi connectivity index (χ1) is 7.25. The fourth-order valence-electron chi connectivity index (χ4n) is 1.17. The lowest BCUT2D eigenvalue weighted by Crippen LogP contribution is -2.18. The van der Waals surface area contributed by atoms with Crippen molar-refractivity contribution >= 4 is 12.1 Å². The first-order valence-electron chi connectivity index (χ1n) is 4.87. The van der Waals surface area contributed by atoms with Crippen LogP contribution in [-0.2, 0) is 4.79 Å². The molecule has 0 spiro atoms. The Kier molecular flexibility index (Phi) is 2.67. The van der Waals surface area contributed by atoms with E-state index in [1.54, 1.807) is 30.5 Å². The van der Waals surface area contributed by atoms with Crippen molar-refractivity contribution in [2.45, 2.75) is 12.8 Å². The molecule has 0 atom stereocenters. The van der Waals surface area contributed by atoms with Crippen LogP contribution in [0.5, 0.6) is 5.75 Å². The molecule has 1 saturated carbocycles. The molecule has 1 aliphatic rings. The highest BCUT2D eigenvalue weighted by Gasteiger charge is 2.29. The maximum Gasteiger partial charge on any atom is 0.243 e. The number of phenols is 1. The number of amides is 1. The van der Waals surface area contributed by atoms with Crippen LogP contribution in [0.4, 0.5) is 0 Å². The second-order valence-corrected chi connectivity index (χ2v) is 3.60. The minimum atomic E-state index is -0.00923. The number of carbonyl (C=O) groups is 1. The van der Waals surface area contributed by atoms with Gasteiger partial charge in [0.15, 0.2) is 0 Å². The first kappa shape index (κ1) is 9.71. The van der Waals surface area contributed by atoms with Crippen LogP contribution in [0.15, 0.2) is 29.4 Å². The summed E-state index contributed by atoms with van der Waals surface area (Å²) in [5.74, 6) is 0.376. The van der Waals surface area contributed by atoms with Crippen molar-refractivity contribution in [3.05, 3.63) is 29.8 Å². The number of carbonyl (C=O) groups excluding carboxylic acids is 1. The van der Waals surface area contributed by atoms with Gasteiger partial charge >= 0.3 is 0 Å². The molecule has 0 saturated heterocycles. The van der Waals surface area contributed by atoms with Crippen molar-refractivity contribution in [3.63, 3.8) is 0 Å². The Morgan fingerprint density at radius 1 is 1.40 bits per heavy atom. The second kappa shape index (κ2) is 4.13. The number of hydrogen-bond acceptors (Lipinski definition) is 3. The largest absolute Gasteiger partial charge is 0.508 e. The highest BCUT2D eigenvalue weighted by molar-refractivity contribution is 5.84. The summed E-state index contributed by atoms with van der Waals surface area (Å²) in [6, 6.07) is 6.60. The summed E-state index contributed by atoms with van der Waals surface area (Å²) in [6.45, 7) is 0. The third-order valence-corrected chi connectivity index (χ3v) is 2.23. The van der Waals surface area contributed by atoms with E-state index in [0.29, 0.717) is 0 Å². The highest BCUT2D eigenvalue weighted by Crippen LogP contribution is 2.28. The summed E-state index contributed by atoms with van der Waals surface area (Å²) < 4.78 is 0. The van der Waals surface area contributed by atoms with E-state index < -0.39 is 0 Å². The van der Waals surface area contributed by atoms with Crippen LogP contribution in [0.2, 0.25) is 0 Å². The molecule has 2 N–H and O–H groups in total. The normalized spacial score (nSPS) is 15.5. The number of aromatic hydroxyl groups is 1. The van der Waals surface area contributed by atoms with E-state index in [-0.39, 0.29) is 17.6 Å². The number of hydrazone groups is 1. The van der Waals surface area contributed by atoms with Gasteiger partial charge in [0.2, 0.25) is 5.91 Å². The van der Waals surface area contributed by atoms with Crippen molar-refractivity contribution in [3.8, 4) is 5.75 Å². The van der Waals surface area contributed by atoms with Crippen LogP contribution in [0, 0.1) is 5.92 Å². The quantitative estimate of drug-likeness (QED) is 0.575. The SMILES string of the molecule is O=C(N/N=C/c1ccc(O)cc1)C1CC1. The number of rotatable bonds is 3. The summed E-state index contributed by atoms with van der Waals surface area (Å²) in [5, 5.41) is 12.9. The maximum absolute atomic E-state index is 11.2. The molecular formula is C11H12N2O2. The van der Waals surface area contributed by atoms with Gasteiger partial charge in [-0.15, -0.1) is 0 Å². The topological polar surface area (TPSA) is 61.7 Å². The summed E-state index contributed by atoms with van der Waals surface area (Å²) >= 11 is 0. The fraction of sp³-hybridized carbons (Fsp3) is 0.273. The van der Waals surface area contributed by atoms with E-state index in [9.17, 15) is 4.79 Å². The standard InChI is InChI=1S/C11H12N2O2/c14-10-5-1-8(2-6-10)7-12-13-11(15)9-3-4-9/h1-2,5-7,9,14H,3-4H2,(H,13,15)/b12-7+. The number of nitrogens with zero attached hydrogens (tertiary/aromatic N) is 1. The van der Waals surface area contributed by atoms with E-state index in [0.717, 1.165) is 18.4 Å². The van der Waals surface area contributed by atoms with E-state index >= 15 is 0 Å². The van der Waals surface area contributed by atoms with Crippen molar-refractivity contribution in [2.24, 2.45) is 11.0 Å². The monoisotopic (exact) mass is 204 g/mol. The zero-order valence-corrected chi connectivity index (χ0v) is 8.18. The molecule has 0 unspecified atom stereocenters. The van der Waals surface area contributed by atoms with Crippen molar-refractivity contribution in [1.82, 2.24) is 5.43 Å². The van der Waals surface area contributed by atoms with Crippen LogP contribution >= 0.6 is 0 Å². The molecule has 0 radical (unpaired) electrons. The van der Waals surface area contributed by atoms with Crippen LogP contribution in [0.1, 0.15) is 18.4 Å². The van der Waals surface area contributed by atoms with Crippen LogP contribution in [0.25, 0.3) is 0 Å². The Labute approximate surface area is 87.6 Å². The van der Waals surface area contributed by atoms with Gasteiger partial charge in [-0.25, -0.2) is 5.43 Å². The molecule has 78 valence electrons. The smallest absolute Gasteiger partial charge is 0.243 e. The van der Waals surface area contributed by atoms with E-state index in [1.807, 2.05) is 0 Å². The van der Waals surface area contributed by atoms with Crippen molar-refractivity contribution in [1.29, 1.82) is 0 Å². The van der Waals surface area contributed by atoms with E-state index in [2.05, 4.69) is 10.5 Å². The maximum atomic E-state index is 11.2. The van der Waals surface area contributed by atoms with Crippen LogP contribution in [-0.4, -0.2) is 17.2 Å². The molecule has 15 heavy (non-hydrogen) atoms. The first-order valence-corrected chi connectivity index (χ1v) is 4.87. The van der Waals surface area contributed by atoms with Crippen LogP contribution in [0.3, 0.4) is 0 Å². The van der Waals surface area contributed by atoms with Gasteiger partial charge in [0.1, 0.15) is 5.75 Å². The molecule has 1 fully saturated rings. The zero-order chi connectivity index (χ0) is 10.7. The summed E-state index contributed by atoms with van der Waals surface area (Å²) in [7, 11) is 0. The molecule has 0 aromatic heterocycles. The lowest BCUT2D eigenvalue weighted by atomic mass is 10.2. The lowest BCUT2D eigenvalue weighted by molar-refractivity contribution is -0.122. The molecule has 1 aromatic carbocycles. The summed E-state index contributed by atoms with van der Waals surface area (Å²) in [4.78, 5) is 11.2. The zero-order valence-electron chi connectivity index (χ0n) is 8.18. The Balaban J connectivity index is 1.87. The predicted octanol–water partition coefficient (Wildman–Crippen LogP) is 1.25. The Morgan fingerprint density at radius 2 is 2.07 bits per heavy atom. The molecule has 0 heterocycles. The highest BCUT2D eigenvalue weighted by atomic mass is 16.3. The van der Waals surface area contributed by atoms with Gasteiger partial charge in [0, 0.05) is 5.92 Å². The minimum absolute atomic E-state index is 0.00923. The van der Waals surface area contributed by atoms with Gasteiger partial charge in [0.25, 0.3) is 0 Å². The summed E-state index contributed by atoms with van der Waals surface area (Å²) in [6.07, 6.45) is 3.50. The third kappa shape index (κ3) is 2.80. The minimum Gasteiger partial charge on any atom is -0.508 e. The number of benzene rings is 1. The van der Waals surface area contributed by atoms with Gasteiger partial charge < -0.3 is 5.11 Å². The van der Waals surface area contributed by atoms with Gasteiger partial charge in [-0.3, -0.25) is 4.79 Å². The van der Waals surface area contributed by atoms with Crippen LogP contribution < -0.4 is 5.43 Å². The molecule has 4 heteroatoms. The van der Waals surface area contributed by atoms with Crippen molar-refractivity contribution < 1.29 is 9.90 Å². The van der Waals surface area contributed by atoms with Gasteiger partial charge in [-0.2, -0.15) is 5.10 Å². The molecule has 0 bridgehead atoms. The molecule has 1 aliphatic carbocycles. The molecular weight excluding hydrogens is 192 g/mol. The van der Waals surface area contributed by atoms with E-state index in [4.69, 9.17) is 5.11 Å². The predicted molar refractivity (Wildman–Crippen MR) is 56.6 cm³/mol. The number of phenolic OH excluding ortho intramolecular Hbond substituents is 1. The Bertz CT molecular complexity index is 380. The lowest BCUT2D eigenvalue weighted by Gasteiger charge is -1.96. The average molecular weight is 204 g/mol. The second-order valence-electron chi connectivity index (χ2n) is 3.60. The van der Waals surface area contributed by atoms with E-state index in [1.165, 1.54) is 0 Å². The Morgan fingerprint density at radius 3 is 2.67 bits per heavy atom. The number of nitrogens with one attached hydrogen (secondary N) is 1. The third-order valence-electron chi connectivity index (χ3n) is 2.23. The number of hydrogen-bond donors (Lipinski definition) is 2. The van der Waals surface area contributed by atoms with Gasteiger partial charge in [-0.1, -0.05) is 0 Å². The molecule has 1 aromatic rings. The molecule has 1 amide bonds.